The second-order valence-electron chi connectivity index (χ2n) is 14.5. The Morgan fingerprint density at radius 2 is 1.00 bits per heavy atom. The van der Waals surface area contributed by atoms with Gasteiger partial charge in [0.25, 0.3) is 0 Å². The van der Waals surface area contributed by atoms with E-state index in [2.05, 4.69) is 182 Å². The van der Waals surface area contributed by atoms with E-state index in [0.717, 1.165) is 0 Å². The first-order chi connectivity index (χ1) is 24.1. The van der Waals surface area contributed by atoms with Gasteiger partial charge >= 0.3 is 0 Å². The van der Waals surface area contributed by atoms with Crippen LogP contribution in [0.15, 0.2) is 164 Å². The molecular formula is C48H33N. The Kier molecular flexibility index (Phi) is 5.17. The van der Waals surface area contributed by atoms with E-state index in [1.165, 1.54) is 93.5 Å². The Morgan fingerprint density at radius 3 is 1.90 bits per heavy atom. The van der Waals surface area contributed by atoms with Gasteiger partial charge in [0, 0.05) is 16.2 Å². The van der Waals surface area contributed by atoms with Gasteiger partial charge < -0.3 is 4.57 Å². The maximum absolute atomic E-state index is 2.53. The molecule has 1 unspecified atom stereocenters. The highest BCUT2D eigenvalue weighted by Gasteiger charge is 2.52. The lowest BCUT2D eigenvalue weighted by molar-refractivity contribution is 0.556. The molecule has 1 aromatic heterocycles. The van der Waals surface area contributed by atoms with Crippen molar-refractivity contribution in [3.05, 3.63) is 197 Å². The first-order valence-corrected chi connectivity index (χ1v) is 17.4. The van der Waals surface area contributed by atoms with Gasteiger partial charge in [-0.25, -0.2) is 0 Å². The molecule has 1 heteroatoms. The molecule has 1 spiro atoms. The molecule has 0 amide bonds. The third kappa shape index (κ3) is 3.30. The number of hydrogen-bond acceptors (Lipinski definition) is 0. The summed E-state index contributed by atoms with van der Waals surface area (Å²) in [5, 5.41) is 7.76. The molecule has 1 nitrogen and oxygen atoms in total. The maximum atomic E-state index is 2.53. The monoisotopic (exact) mass is 623 g/mol. The molecule has 0 bridgehead atoms. The molecule has 49 heavy (non-hydrogen) atoms. The van der Waals surface area contributed by atoms with Crippen LogP contribution in [0.3, 0.4) is 0 Å². The molecule has 1 aliphatic heterocycles. The van der Waals surface area contributed by atoms with Gasteiger partial charge in [-0.05, 0) is 90.3 Å². The Labute approximate surface area is 285 Å². The molecule has 2 aliphatic rings. The number of benzene rings is 8. The quantitative estimate of drug-likeness (QED) is 0.160. The fraction of sp³-hybridized carbons (Fsp3) is 0.0833. The van der Waals surface area contributed by atoms with Gasteiger partial charge in [0.05, 0.1) is 22.1 Å². The molecule has 8 aromatic carbocycles. The normalized spacial score (nSPS) is 17.0. The minimum Gasteiger partial charge on any atom is -0.309 e. The van der Waals surface area contributed by atoms with Crippen molar-refractivity contribution in [2.45, 2.75) is 24.7 Å². The van der Waals surface area contributed by atoms with Crippen molar-refractivity contribution in [3.8, 4) is 16.8 Å². The standard InChI is InChI=1S/C48H33N/c1-47(2)38-16-6-7-17-40(38)48(41-18-8-10-21-45(41)49-44-20-9-5-14-36(44)37-15-11-19-42(48)46(37)49)43-29-32(25-27-39(43)47)31-24-26-35-33(28-31)23-22-30-12-3-4-13-34(30)35/h3-29H,1-2H3. The highest BCUT2D eigenvalue weighted by molar-refractivity contribution is 6.12. The minimum absolute atomic E-state index is 0.176. The molecule has 0 N–H and O–H groups in total. The lowest BCUT2D eigenvalue weighted by Gasteiger charge is -2.50. The fourth-order valence-electron chi connectivity index (χ4n) is 9.70. The van der Waals surface area contributed by atoms with E-state index in [9.17, 15) is 0 Å². The Morgan fingerprint density at radius 1 is 0.388 bits per heavy atom. The fourth-order valence-corrected chi connectivity index (χ4v) is 9.70. The van der Waals surface area contributed by atoms with Gasteiger partial charge in [0.2, 0.25) is 0 Å². The van der Waals surface area contributed by atoms with Crippen molar-refractivity contribution in [2.75, 3.05) is 0 Å². The van der Waals surface area contributed by atoms with Gasteiger partial charge in [-0.15, -0.1) is 0 Å². The van der Waals surface area contributed by atoms with E-state index in [0.29, 0.717) is 0 Å². The summed E-state index contributed by atoms with van der Waals surface area (Å²) in [4.78, 5) is 0. The summed E-state index contributed by atoms with van der Waals surface area (Å²) >= 11 is 0. The number of para-hydroxylation sites is 3. The lowest BCUT2D eigenvalue weighted by Crippen LogP contribution is -2.44. The summed E-state index contributed by atoms with van der Waals surface area (Å²) in [5.41, 5.74) is 13.9. The third-order valence-corrected chi connectivity index (χ3v) is 11.8. The van der Waals surface area contributed by atoms with Crippen LogP contribution in [0, 0.1) is 0 Å². The first kappa shape index (κ1) is 27.1. The van der Waals surface area contributed by atoms with E-state index in [4.69, 9.17) is 0 Å². The topological polar surface area (TPSA) is 4.93 Å². The SMILES string of the molecule is CC1(C)c2ccccc2C2(c3ccccc3-n3c4ccccc4c4cccc2c43)c2cc(-c3ccc4c(ccc5ccccc54)c3)ccc21. The van der Waals surface area contributed by atoms with Crippen LogP contribution in [0.4, 0.5) is 0 Å². The lowest BCUT2D eigenvalue weighted by atomic mass is 9.53. The number of aromatic nitrogens is 1. The number of fused-ring (bicyclic) bond motifs is 14. The number of rotatable bonds is 1. The molecule has 0 fully saturated rings. The van der Waals surface area contributed by atoms with E-state index in [-0.39, 0.29) is 5.41 Å². The molecule has 0 saturated carbocycles. The maximum Gasteiger partial charge on any atom is 0.0748 e. The van der Waals surface area contributed by atoms with Crippen LogP contribution in [0.1, 0.15) is 47.2 Å². The number of nitrogens with zero attached hydrogens (tertiary/aromatic N) is 1. The van der Waals surface area contributed by atoms with Gasteiger partial charge in [0.1, 0.15) is 0 Å². The first-order valence-electron chi connectivity index (χ1n) is 17.4. The Bertz CT molecular complexity index is 2870. The van der Waals surface area contributed by atoms with Crippen LogP contribution in [0.2, 0.25) is 0 Å². The largest absolute Gasteiger partial charge is 0.309 e. The Balaban J connectivity index is 1.28. The summed E-state index contributed by atoms with van der Waals surface area (Å²) < 4.78 is 2.53. The Hall–Kier alpha value is -5.92. The van der Waals surface area contributed by atoms with Crippen LogP contribution in [0.25, 0.3) is 60.2 Å². The molecule has 9 aromatic rings. The van der Waals surface area contributed by atoms with E-state index >= 15 is 0 Å². The highest BCUT2D eigenvalue weighted by atomic mass is 15.0. The third-order valence-electron chi connectivity index (χ3n) is 11.8. The molecule has 0 radical (unpaired) electrons. The van der Waals surface area contributed by atoms with Crippen molar-refractivity contribution >= 4 is 43.4 Å². The molecule has 2 heterocycles. The van der Waals surface area contributed by atoms with Gasteiger partial charge in [-0.2, -0.15) is 0 Å². The minimum atomic E-state index is -0.495. The molecular weight excluding hydrogens is 591 g/mol. The van der Waals surface area contributed by atoms with Crippen LogP contribution < -0.4 is 0 Å². The molecule has 230 valence electrons. The van der Waals surface area contributed by atoms with Gasteiger partial charge in [-0.1, -0.05) is 153 Å². The zero-order valence-electron chi connectivity index (χ0n) is 27.5. The second kappa shape index (κ2) is 9.36. The predicted molar refractivity (Wildman–Crippen MR) is 205 cm³/mol. The van der Waals surface area contributed by atoms with E-state index in [1.54, 1.807) is 0 Å². The zero-order valence-corrected chi connectivity index (χ0v) is 27.5. The zero-order chi connectivity index (χ0) is 32.5. The van der Waals surface area contributed by atoms with Crippen molar-refractivity contribution < 1.29 is 0 Å². The van der Waals surface area contributed by atoms with Crippen molar-refractivity contribution in [2.24, 2.45) is 0 Å². The molecule has 0 saturated heterocycles. The summed E-state index contributed by atoms with van der Waals surface area (Å²) in [5.74, 6) is 0. The smallest absolute Gasteiger partial charge is 0.0748 e. The highest BCUT2D eigenvalue weighted by Crippen LogP contribution is 2.60. The second-order valence-corrected chi connectivity index (χ2v) is 14.5. The van der Waals surface area contributed by atoms with Crippen LogP contribution in [-0.2, 0) is 10.8 Å². The molecule has 1 aliphatic carbocycles. The van der Waals surface area contributed by atoms with Crippen molar-refractivity contribution in [1.29, 1.82) is 0 Å². The van der Waals surface area contributed by atoms with Crippen LogP contribution in [-0.4, -0.2) is 4.57 Å². The summed E-state index contributed by atoms with van der Waals surface area (Å²) in [6.45, 7) is 4.81. The van der Waals surface area contributed by atoms with Gasteiger partial charge in [0.15, 0.2) is 0 Å². The number of hydrogen-bond donors (Lipinski definition) is 0. The van der Waals surface area contributed by atoms with Gasteiger partial charge in [-0.3, -0.25) is 0 Å². The van der Waals surface area contributed by atoms with E-state index in [1.807, 2.05) is 0 Å². The van der Waals surface area contributed by atoms with E-state index < -0.39 is 5.41 Å². The van der Waals surface area contributed by atoms with Crippen molar-refractivity contribution in [3.63, 3.8) is 0 Å². The predicted octanol–water partition coefficient (Wildman–Crippen LogP) is 12.1. The van der Waals surface area contributed by atoms with Crippen LogP contribution >= 0.6 is 0 Å². The summed E-state index contributed by atoms with van der Waals surface area (Å²) in [6.07, 6.45) is 0. The molecule has 11 rings (SSSR count). The van der Waals surface area contributed by atoms with Crippen LogP contribution in [0.5, 0.6) is 0 Å². The summed E-state index contributed by atoms with van der Waals surface area (Å²) in [6, 6.07) is 61.9. The molecule has 1 atom stereocenters. The van der Waals surface area contributed by atoms with Crippen molar-refractivity contribution in [1.82, 2.24) is 4.57 Å². The average Bonchev–Trinajstić information content (AvgIpc) is 3.50. The average molecular weight is 624 g/mol. The summed E-state index contributed by atoms with van der Waals surface area (Å²) in [7, 11) is 0.